The van der Waals surface area contributed by atoms with Crippen molar-refractivity contribution in [3.8, 4) is 0 Å². The highest BCUT2D eigenvalue weighted by molar-refractivity contribution is 5.88. The largest absolute Gasteiger partial charge is 0.462 e. The third-order valence-corrected chi connectivity index (χ3v) is 3.69. The average molecular weight is 336 g/mol. The van der Waals surface area contributed by atoms with Gasteiger partial charge in [-0.05, 0) is 13.3 Å². The van der Waals surface area contributed by atoms with E-state index in [-0.39, 0.29) is 6.09 Å². The molecule has 2 rings (SSSR count). The predicted molar refractivity (Wildman–Crippen MR) is 88.0 cm³/mol. The normalized spacial score (nSPS) is 14.4. The van der Waals surface area contributed by atoms with Gasteiger partial charge < -0.3 is 19.3 Å². The quantitative estimate of drug-likeness (QED) is 0.577. The van der Waals surface area contributed by atoms with E-state index in [1.54, 1.807) is 11.8 Å². The number of nitrogens with zero attached hydrogens (tertiary/aromatic N) is 4. The molecule has 0 N–H and O–H groups in total. The Morgan fingerprint density at radius 1 is 1.08 bits per heavy atom. The van der Waals surface area contributed by atoms with Crippen molar-refractivity contribution in [2.75, 3.05) is 44.3 Å². The van der Waals surface area contributed by atoms with Gasteiger partial charge in [0.2, 0.25) is 5.95 Å². The maximum Gasteiger partial charge on any atom is 0.409 e. The Kier molecular flexibility index (Phi) is 6.77. The summed E-state index contributed by atoms with van der Waals surface area (Å²) < 4.78 is 10.1. The van der Waals surface area contributed by atoms with Gasteiger partial charge in [-0.3, -0.25) is 0 Å². The van der Waals surface area contributed by atoms with E-state index in [2.05, 4.69) is 16.9 Å². The zero-order valence-corrected chi connectivity index (χ0v) is 14.2. The summed E-state index contributed by atoms with van der Waals surface area (Å²) in [6.07, 6.45) is 4.55. The highest BCUT2D eigenvalue weighted by Crippen LogP contribution is 2.12. The van der Waals surface area contributed by atoms with E-state index in [4.69, 9.17) is 9.47 Å². The molecule has 1 aromatic heterocycles. The minimum atomic E-state index is -0.427. The minimum Gasteiger partial charge on any atom is -0.462 e. The summed E-state index contributed by atoms with van der Waals surface area (Å²) in [6.45, 7) is 6.97. The van der Waals surface area contributed by atoms with Crippen LogP contribution < -0.4 is 4.90 Å². The molecule has 1 aliphatic heterocycles. The van der Waals surface area contributed by atoms with Crippen LogP contribution in [0.25, 0.3) is 0 Å². The number of hydrogen-bond donors (Lipinski definition) is 0. The molecule has 1 fully saturated rings. The molecule has 1 amide bonds. The second-order valence-electron chi connectivity index (χ2n) is 5.43. The smallest absolute Gasteiger partial charge is 0.409 e. The molecule has 0 aromatic carbocycles. The monoisotopic (exact) mass is 336 g/mol. The highest BCUT2D eigenvalue weighted by atomic mass is 16.6. The summed E-state index contributed by atoms with van der Waals surface area (Å²) in [5.74, 6) is 0.116. The van der Waals surface area contributed by atoms with Crippen molar-refractivity contribution in [3.05, 3.63) is 18.0 Å². The van der Waals surface area contributed by atoms with Crippen LogP contribution in [0.1, 0.15) is 37.0 Å². The number of esters is 1. The van der Waals surface area contributed by atoms with Crippen molar-refractivity contribution in [2.24, 2.45) is 0 Å². The topological polar surface area (TPSA) is 84.9 Å². The highest BCUT2D eigenvalue weighted by Gasteiger charge is 2.23. The Morgan fingerprint density at radius 2 is 1.75 bits per heavy atom. The van der Waals surface area contributed by atoms with Gasteiger partial charge in [-0.1, -0.05) is 13.3 Å². The Labute approximate surface area is 141 Å². The predicted octanol–water partition coefficient (Wildman–Crippen LogP) is 1.71. The Morgan fingerprint density at radius 3 is 2.33 bits per heavy atom. The van der Waals surface area contributed by atoms with Gasteiger partial charge in [-0.15, -0.1) is 0 Å². The van der Waals surface area contributed by atoms with E-state index in [0.717, 1.165) is 12.8 Å². The molecule has 0 radical (unpaired) electrons. The van der Waals surface area contributed by atoms with Crippen molar-refractivity contribution >= 4 is 18.0 Å². The molecule has 8 nitrogen and oxygen atoms in total. The summed E-state index contributed by atoms with van der Waals surface area (Å²) in [6, 6.07) is 0. The molecular formula is C16H24N4O4. The Balaban J connectivity index is 1.83. The molecule has 1 aromatic rings. The van der Waals surface area contributed by atoms with Gasteiger partial charge in [0.1, 0.15) is 0 Å². The van der Waals surface area contributed by atoms with Crippen LogP contribution in [-0.4, -0.2) is 66.3 Å². The summed E-state index contributed by atoms with van der Waals surface area (Å²) in [4.78, 5) is 35.6. The van der Waals surface area contributed by atoms with Crippen LogP contribution in [0, 0.1) is 0 Å². The van der Waals surface area contributed by atoms with Crippen LogP contribution in [-0.2, 0) is 9.47 Å². The maximum absolute atomic E-state index is 11.9. The molecule has 8 heteroatoms. The maximum atomic E-state index is 11.9. The van der Waals surface area contributed by atoms with E-state index < -0.39 is 5.97 Å². The Hall–Kier alpha value is -2.38. The summed E-state index contributed by atoms with van der Waals surface area (Å²) in [5.41, 5.74) is 0.332. The molecule has 2 heterocycles. The average Bonchev–Trinajstić information content (AvgIpc) is 2.62. The first-order chi connectivity index (χ1) is 11.7. The summed E-state index contributed by atoms with van der Waals surface area (Å²) >= 11 is 0. The van der Waals surface area contributed by atoms with Crippen LogP contribution in [0.3, 0.4) is 0 Å². The van der Waals surface area contributed by atoms with Crippen LogP contribution in [0.5, 0.6) is 0 Å². The zero-order chi connectivity index (χ0) is 17.4. The number of hydrogen-bond acceptors (Lipinski definition) is 7. The number of piperazine rings is 1. The fourth-order valence-corrected chi connectivity index (χ4v) is 2.29. The van der Waals surface area contributed by atoms with Gasteiger partial charge in [-0.2, -0.15) is 0 Å². The molecule has 0 bridgehead atoms. The van der Waals surface area contributed by atoms with Gasteiger partial charge in [-0.25, -0.2) is 19.6 Å². The molecule has 1 saturated heterocycles. The fraction of sp³-hybridized carbons (Fsp3) is 0.625. The van der Waals surface area contributed by atoms with Crippen LogP contribution in [0.15, 0.2) is 12.4 Å². The van der Waals surface area contributed by atoms with Crippen molar-refractivity contribution in [3.63, 3.8) is 0 Å². The lowest BCUT2D eigenvalue weighted by Crippen LogP contribution is -2.49. The lowest BCUT2D eigenvalue weighted by Gasteiger charge is -2.34. The molecule has 0 aliphatic carbocycles. The molecule has 0 atom stereocenters. The molecule has 0 spiro atoms. The van der Waals surface area contributed by atoms with E-state index in [0.29, 0.717) is 50.9 Å². The SMILES string of the molecule is CCCCOC(=O)N1CCN(c2ncc(C(=O)OCC)cn2)CC1. The molecule has 132 valence electrons. The second-order valence-corrected chi connectivity index (χ2v) is 5.43. The summed E-state index contributed by atoms with van der Waals surface area (Å²) in [7, 11) is 0. The lowest BCUT2D eigenvalue weighted by molar-refractivity contribution is 0.0525. The van der Waals surface area contributed by atoms with E-state index >= 15 is 0 Å². The number of rotatable bonds is 6. The number of aromatic nitrogens is 2. The zero-order valence-electron chi connectivity index (χ0n) is 14.2. The molecule has 0 unspecified atom stereocenters. The first kappa shape index (κ1) is 18.0. The molecule has 1 aliphatic rings. The minimum absolute atomic E-state index is 0.262. The van der Waals surface area contributed by atoms with Gasteiger partial charge >= 0.3 is 12.1 Å². The number of amides is 1. The van der Waals surface area contributed by atoms with Gasteiger partial charge in [0.05, 0.1) is 18.8 Å². The number of unbranched alkanes of at least 4 members (excludes halogenated alkanes) is 1. The number of ether oxygens (including phenoxy) is 2. The molecule has 0 saturated carbocycles. The first-order valence-electron chi connectivity index (χ1n) is 8.31. The van der Waals surface area contributed by atoms with Crippen LogP contribution >= 0.6 is 0 Å². The van der Waals surface area contributed by atoms with Gasteiger partial charge in [0, 0.05) is 38.6 Å². The van der Waals surface area contributed by atoms with Crippen molar-refractivity contribution in [1.82, 2.24) is 14.9 Å². The molecule has 24 heavy (non-hydrogen) atoms. The number of anilines is 1. The van der Waals surface area contributed by atoms with Crippen molar-refractivity contribution in [1.29, 1.82) is 0 Å². The number of carbonyl (C=O) groups excluding carboxylic acids is 2. The number of carbonyl (C=O) groups is 2. The van der Waals surface area contributed by atoms with Crippen LogP contribution in [0.2, 0.25) is 0 Å². The van der Waals surface area contributed by atoms with E-state index in [1.165, 1.54) is 12.4 Å². The van der Waals surface area contributed by atoms with E-state index in [1.807, 2.05) is 4.90 Å². The second kappa shape index (κ2) is 9.05. The standard InChI is InChI=1S/C16H24N4O4/c1-3-5-10-24-16(22)20-8-6-19(7-9-20)15-17-11-13(12-18-15)14(21)23-4-2/h11-12H,3-10H2,1-2H3. The summed E-state index contributed by atoms with van der Waals surface area (Å²) in [5, 5.41) is 0. The van der Waals surface area contributed by atoms with Crippen molar-refractivity contribution < 1.29 is 19.1 Å². The Bertz CT molecular complexity index is 542. The fourth-order valence-electron chi connectivity index (χ4n) is 2.29. The van der Waals surface area contributed by atoms with Gasteiger partial charge in [0.15, 0.2) is 0 Å². The first-order valence-corrected chi connectivity index (χ1v) is 8.31. The molecular weight excluding hydrogens is 312 g/mol. The van der Waals surface area contributed by atoms with Crippen molar-refractivity contribution in [2.45, 2.75) is 26.7 Å². The third kappa shape index (κ3) is 4.81. The van der Waals surface area contributed by atoms with Gasteiger partial charge in [0.25, 0.3) is 0 Å². The third-order valence-electron chi connectivity index (χ3n) is 3.69. The van der Waals surface area contributed by atoms with E-state index in [9.17, 15) is 9.59 Å². The lowest BCUT2D eigenvalue weighted by atomic mass is 10.3. The van der Waals surface area contributed by atoms with Crippen LogP contribution in [0.4, 0.5) is 10.7 Å².